The smallest absolute Gasteiger partial charge is 0.267 e. The fourth-order valence-corrected chi connectivity index (χ4v) is 5.12. The van der Waals surface area contributed by atoms with E-state index in [-0.39, 0.29) is 11.5 Å². The highest BCUT2D eigenvalue weighted by Gasteiger charge is 2.32. The van der Waals surface area contributed by atoms with Gasteiger partial charge in [0.25, 0.3) is 11.5 Å². The van der Waals surface area contributed by atoms with Crippen LogP contribution in [0.1, 0.15) is 18.1 Å². The molecule has 0 spiro atoms. The molecule has 7 nitrogen and oxygen atoms in total. The zero-order chi connectivity index (χ0) is 22.1. The predicted octanol–water partition coefficient (Wildman–Crippen LogP) is 2.53. The number of piperazine rings is 1. The second-order valence-corrected chi connectivity index (χ2v) is 9.22. The number of amides is 1. The molecule has 2 saturated heterocycles. The number of anilines is 1. The van der Waals surface area contributed by atoms with Crippen molar-refractivity contribution in [3.05, 3.63) is 57.4 Å². The molecule has 2 aromatic heterocycles. The molecule has 2 aliphatic heterocycles. The molecule has 1 amide bonds. The molecule has 0 aromatic carbocycles. The van der Waals surface area contributed by atoms with Gasteiger partial charge in [-0.3, -0.25) is 18.9 Å². The first kappa shape index (κ1) is 21.7. The molecule has 2 aromatic rings. The highest BCUT2D eigenvalue weighted by Crippen LogP contribution is 2.33. The third kappa shape index (κ3) is 4.05. The van der Waals surface area contributed by atoms with Gasteiger partial charge in [0.2, 0.25) is 0 Å². The van der Waals surface area contributed by atoms with E-state index in [9.17, 15) is 9.59 Å². The van der Waals surface area contributed by atoms with Gasteiger partial charge in [-0.25, -0.2) is 4.98 Å². The van der Waals surface area contributed by atoms with Crippen molar-refractivity contribution in [2.24, 2.45) is 0 Å². The van der Waals surface area contributed by atoms with Crippen LogP contribution in [0, 0.1) is 6.92 Å². The van der Waals surface area contributed by atoms with Crippen LogP contribution in [0.25, 0.3) is 11.7 Å². The minimum absolute atomic E-state index is 0.185. The Morgan fingerprint density at radius 1 is 1.26 bits per heavy atom. The number of thioether (sulfide) groups is 1. The van der Waals surface area contributed by atoms with Gasteiger partial charge < -0.3 is 9.80 Å². The number of carbonyl (C=O) groups is 1. The molecular weight excluding hydrogens is 430 g/mol. The largest absolute Gasteiger partial charge is 0.353 e. The fourth-order valence-electron chi connectivity index (χ4n) is 3.86. The molecule has 4 heterocycles. The number of pyridine rings is 1. The summed E-state index contributed by atoms with van der Waals surface area (Å²) in [5, 5.41) is 0. The summed E-state index contributed by atoms with van der Waals surface area (Å²) in [5.74, 6) is 0.425. The van der Waals surface area contributed by atoms with E-state index in [1.54, 1.807) is 22.7 Å². The summed E-state index contributed by atoms with van der Waals surface area (Å²) >= 11 is 6.56. The lowest BCUT2D eigenvalue weighted by atomic mass is 10.2. The Labute approximate surface area is 191 Å². The molecule has 162 valence electrons. The second-order valence-electron chi connectivity index (χ2n) is 7.54. The molecule has 0 bridgehead atoms. The molecule has 4 rings (SSSR count). The summed E-state index contributed by atoms with van der Waals surface area (Å²) in [6.45, 7) is 12.5. The maximum absolute atomic E-state index is 13.5. The quantitative estimate of drug-likeness (QED) is 0.390. The van der Waals surface area contributed by atoms with Gasteiger partial charge in [-0.1, -0.05) is 43.0 Å². The average molecular weight is 456 g/mol. The Morgan fingerprint density at radius 3 is 2.68 bits per heavy atom. The monoisotopic (exact) mass is 455 g/mol. The first-order valence-corrected chi connectivity index (χ1v) is 11.5. The number of rotatable bonds is 5. The van der Waals surface area contributed by atoms with Crippen LogP contribution in [0.5, 0.6) is 0 Å². The van der Waals surface area contributed by atoms with E-state index in [4.69, 9.17) is 17.2 Å². The van der Waals surface area contributed by atoms with Crippen LogP contribution in [0.15, 0.2) is 40.7 Å². The average Bonchev–Trinajstić information content (AvgIpc) is 3.04. The van der Waals surface area contributed by atoms with E-state index in [0.717, 1.165) is 38.3 Å². The Bertz CT molecular complexity index is 1150. The van der Waals surface area contributed by atoms with Crippen molar-refractivity contribution < 1.29 is 4.79 Å². The lowest BCUT2D eigenvalue weighted by Crippen LogP contribution is -2.47. The summed E-state index contributed by atoms with van der Waals surface area (Å²) in [7, 11) is 0. The number of aryl methyl sites for hydroxylation is 1. The zero-order valence-corrected chi connectivity index (χ0v) is 19.3. The fraction of sp³-hybridized carbons (Fsp3) is 0.364. The van der Waals surface area contributed by atoms with Crippen molar-refractivity contribution in [1.29, 1.82) is 0 Å². The van der Waals surface area contributed by atoms with Gasteiger partial charge in [-0.2, -0.15) is 0 Å². The molecule has 2 fully saturated rings. The van der Waals surface area contributed by atoms with Crippen LogP contribution in [-0.2, 0) is 4.79 Å². The minimum atomic E-state index is -0.203. The van der Waals surface area contributed by atoms with Crippen LogP contribution in [0.4, 0.5) is 5.82 Å². The number of likely N-dealkylation sites (N-methyl/N-ethyl adjacent to an activating group) is 1. The maximum Gasteiger partial charge on any atom is 0.267 e. The molecule has 0 aliphatic carbocycles. The summed E-state index contributed by atoms with van der Waals surface area (Å²) in [5.41, 5.74) is 1.80. The molecule has 2 aliphatic rings. The van der Waals surface area contributed by atoms with Gasteiger partial charge in [0.1, 0.15) is 15.8 Å². The van der Waals surface area contributed by atoms with E-state index < -0.39 is 0 Å². The van der Waals surface area contributed by atoms with Gasteiger partial charge in [-0.05, 0) is 31.2 Å². The van der Waals surface area contributed by atoms with Crippen LogP contribution in [-0.4, -0.2) is 68.7 Å². The van der Waals surface area contributed by atoms with Gasteiger partial charge in [0, 0.05) is 38.9 Å². The first-order chi connectivity index (χ1) is 14.9. The van der Waals surface area contributed by atoms with Crippen LogP contribution >= 0.6 is 24.0 Å². The van der Waals surface area contributed by atoms with Gasteiger partial charge in [0.05, 0.1) is 10.5 Å². The number of hydrogen-bond acceptors (Lipinski definition) is 7. The lowest BCUT2D eigenvalue weighted by Gasteiger charge is -2.35. The Kier molecular flexibility index (Phi) is 6.27. The van der Waals surface area contributed by atoms with Gasteiger partial charge in [0.15, 0.2) is 0 Å². The molecule has 0 atom stereocenters. The van der Waals surface area contributed by atoms with Crippen LogP contribution in [0.3, 0.4) is 0 Å². The van der Waals surface area contributed by atoms with Crippen molar-refractivity contribution in [2.75, 3.05) is 44.2 Å². The van der Waals surface area contributed by atoms with Crippen molar-refractivity contribution in [2.45, 2.75) is 13.8 Å². The summed E-state index contributed by atoms with van der Waals surface area (Å²) < 4.78 is 2.02. The minimum Gasteiger partial charge on any atom is -0.353 e. The maximum atomic E-state index is 13.5. The normalized spacial score (nSPS) is 19.1. The number of nitrogens with zero attached hydrogens (tertiary/aromatic N) is 5. The summed E-state index contributed by atoms with van der Waals surface area (Å²) in [4.78, 5) is 37.7. The van der Waals surface area contributed by atoms with Crippen LogP contribution in [0.2, 0.25) is 0 Å². The second kappa shape index (κ2) is 8.94. The molecule has 31 heavy (non-hydrogen) atoms. The molecular formula is C22H25N5O2S2. The van der Waals surface area contributed by atoms with E-state index in [2.05, 4.69) is 23.3 Å². The third-order valence-electron chi connectivity index (χ3n) is 5.64. The van der Waals surface area contributed by atoms with Gasteiger partial charge in [-0.15, -0.1) is 6.58 Å². The molecule has 0 saturated carbocycles. The molecule has 0 radical (unpaired) electrons. The number of aromatic nitrogens is 2. The zero-order valence-electron chi connectivity index (χ0n) is 17.7. The number of thiocarbonyl (C=S) groups is 1. The number of fused-ring (bicyclic) bond motifs is 1. The van der Waals surface area contributed by atoms with E-state index >= 15 is 0 Å². The number of carbonyl (C=O) groups excluding carboxylic acids is 1. The van der Waals surface area contributed by atoms with Gasteiger partial charge >= 0.3 is 0 Å². The highest BCUT2D eigenvalue weighted by molar-refractivity contribution is 8.26. The Morgan fingerprint density at radius 2 is 2.00 bits per heavy atom. The molecule has 0 unspecified atom stereocenters. The molecule has 9 heteroatoms. The Hall–Kier alpha value is -2.49. The SMILES string of the molecule is C=CCN1C(=O)/C(=C\c2c(N3CCN(CC)CC3)nc3c(C)cccn3c2=O)SC1=S. The topological polar surface area (TPSA) is 61.2 Å². The van der Waals surface area contributed by atoms with E-state index in [1.165, 1.54) is 16.7 Å². The molecule has 0 N–H and O–H groups in total. The van der Waals surface area contributed by atoms with Crippen molar-refractivity contribution in [1.82, 2.24) is 19.2 Å². The van der Waals surface area contributed by atoms with Crippen LogP contribution < -0.4 is 10.5 Å². The number of hydrogen-bond donors (Lipinski definition) is 0. The first-order valence-electron chi connectivity index (χ1n) is 10.3. The lowest BCUT2D eigenvalue weighted by molar-refractivity contribution is -0.121. The standard InChI is InChI=1S/C22H25N5O2S2/c1-4-8-27-21(29)17(31-22(27)30)14-16-19(25-12-10-24(5-2)11-13-25)23-18-15(3)7-6-9-26(18)20(16)28/h4,6-7,9,14H,1,5,8,10-13H2,2-3H3/b17-14+. The summed E-state index contributed by atoms with van der Waals surface area (Å²) in [6.07, 6.45) is 5.02. The van der Waals surface area contributed by atoms with Crippen molar-refractivity contribution in [3.8, 4) is 0 Å². The predicted molar refractivity (Wildman–Crippen MR) is 131 cm³/mol. The Balaban J connectivity index is 1.85. The van der Waals surface area contributed by atoms with Crippen molar-refractivity contribution in [3.63, 3.8) is 0 Å². The van der Waals surface area contributed by atoms with E-state index in [1.807, 2.05) is 19.1 Å². The summed E-state index contributed by atoms with van der Waals surface area (Å²) in [6, 6.07) is 3.78. The highest BCUT2D eigenvalue weighted by atomic mass is 32.2. The van der Waals surface area contributed by atoms with Crippen molar-refractivity contribution >= 4 is 51.7 Å². The van der Waals surface area contributed by atoms with E-state index in [0.29, 0.717) is 32.8 Å². The third-order valence-corrected chi connectivity index (χ3v) is 7.02.